The molecule has 0 aromatic heterocycles. The van der Waals surface area contributed by atoms with Gasteiger partial charge in [-0.3, -0.25) is 4.79 Å². The summed E-state index contributed by atoms with van der Waals surface area (Å²) < 4.78 is 10.2. The van der Waals surface area contributed by atoms with Crippen LogP contribution in [0, 0.1) is 0 Å². The first-order valence-electron chi connectivity index (χ1n) is 7.30. The highest BCUT2D eigenvalue weighted by Gasteiger charge is 2.19. The van der Waals surface area contributed by atoms with Crippen molar-refractivity contribution < 1.29 is 19.1 Å². The number of amides is 1. The molecule has 1 aliphatic rings. The first kappa shape index (κ1) is 15.4. The van der Waals surface area contributed by atoms with E-state index < -0.39 is 5.97 Å². The van der Waals surface area contributed by atoms with Gasteiger partial charge in [-0.05, 0) is 25.0 Å². The highest BCUT2D eigenvalue weighted by molar-refractivity contribution is 5.93. The van der Waals surface area contributed by atoms with Crippen LogP contribution in [0.5, 0.6) is 5.75 Å². The first-order chi connectivity index (χ1) is 10.2. The Bertz CT molecular complexity index is 493. The van der Waals surface area contributed by atoms with Crippen LogP contribution in [0.2, 0.25) is 0 Å². The van der Waals surface area contributed by atoms with Crippen LogP contribution in [0.15, 0.2) is 24.3 Å². The fourth-order valence-corrected chi connectivity index (χ4v) is 2.43. The lowest BCUT2D eigenvalue weighted by Crippen LogP contribution is -2.35. The molecule has 2 rings (SSSR count). The third-order valence-electron chi connectivity index (χ3n) is 3.61. The van der Waals surface area contributed by atoms with Crippen molar-refractivity contribution >= 4 is 11.9 Å². The number of para-hydroxylation sites is 1. The number of benzene rings is 1. The van der Waals surface area contributed by atoms with Crippen LogP contribution in [0.3, 0.4) is 0 Å². The van der Waals surface area contributed by atoms with Gasteiger partial charge in [0, 0.05) is 13.1 Å². The molecule has 0 bridgehead atoms. The summed E-state index contributed by atoms with van der Waals surface area (Å²) >= 11 is 0. The van der Waals surface area contributed by atoms with E-state index in [0.717, 1.165) is 38.8 Å². The maximum atomic E-state index is 12.1. The van der Waals surface area contributed by atoms with E-state index in [1.807, 2.05) is 0 Å². The Morgan fingerprint density at radius 1 is 1.10 bits per heavy atom. The first-order valence-corrected chi connectivity index (χ1v) is 7.30. The summed E-state index contributed by atoms with van der Waals surface area (Å²) in [6, 6.07) is 6.82. The lowest BCUT2D eigenvalue weighted by atomic mass is 10.2. The SMILES string of the molecule is COc1ccccc1C(=O)OCC(=O)N1CCCCCC1. The van der Waals surface area contributed by atoms with Gasteiger partial charge in [-0.15, -0.1) is 0 Å². The molecule has 1 fully saturated rings. The Balaban J connectivity index is 1.89. The molecular formula is C16H21NO4. The number of likely N-dealkylation sites (tertiary alicyclic amines) is 1. The van der Waals surface area contributed by atoms with Crippen molar-refractivity contribution in [2.75, 3.05) is 26.8 Å². The largest absolute Gasteiger partial charge is 0.496 e. The molecule has 0 saturated carbocycles. The van der Waals surface area contributed by atoms with Crippen molar-refractivity contribution in [3.8, 4) is 5.75 Å². The van der Waals surface area contributed by atoms with E-state index in [0.29, 0.717) is 11.3 Å². The molecule has 1 heterocycles. The smallest absolute Gasteiger partial charge is 0.342 e. The van der Waals surface area contributed by atoms with Crippen molar-refractivity contribution in [3.63, 3.8) is 0 Å². The Hall–Kier alpha value is -2.04. The summed E-state index contributed by atoms with van der Waals surface area (Å²) in [4.78, 5) is 25.8. The van der Waals surface area contributed by atoms with E-state index in [1.165, 1.54) is 7.11 Å². The lowest BCUT2D eigenvalue weighted by molar-refractivity contribution is -0.134. The molecule has 5 heteroatoms. The monoisotopic (exact) mass is 291 g/mol. The number of hydrogen-bond acceptors (Lipinski definition) is 4. The summed E-state index contributed by atoms with van der Waals surface area (Å²) in [6.45, 7) is 1.30. The molecule has 21 heavy (non-hydrogen) atoms. The molecule has 1 aliphatic heterocycles. The zero-order valence-corrected chi connectivity index (χ0v) is 12.3. The second-order valence-corrected chi connectivity index (χ2v) is 5.07. The topological polar surface area (TPSA) is 55.8 Å². The van der Waals surface area contributed by atoms with Gasteiger partial charge < -0.3 is 14.4 Å². The van der Waals surface area contributed by atoms with Crippen LogP contribution in [0.4, 0.5) is 0 Å². The number of hydrogen-bond donors (Lipinski definition) is 0. The van der Waals surface area contributed by atoms with Crippen molar-refractivity contribution in [1.82, 2.24) is 4.90 Å². The number of ether oxygens (including phenoxy) is 2. The molecule has 0 unspecified atom stereocenters. The molecule has 0 spiro atoms. The van der Waals surface area contributed by atoms with Gasteiger partial charge in [0.05, 0.1) is 7.11 Å². The van der Waals surface area contributed by atoms with E-state index >= 15 is 0 Å². The zero-order valence-electron chi connectivity index (χ0n) is 12.3. The second kappa shape index (κ2) is 7.67. The van der Waals surface area contributed by atoms with Crippen molar-refractivity contribution in [3.05, 3.63) is 29.8 Å². The minimum absolute atomic E-state index is 0.125. The number of nitrogens with zero attached hydrogens (tertiary/aromatic N) is 1. The second-order valence-electron chi connectivity index (χ2n) is 5.07. The lowest BCUT2D eigenvalue weighted by Gasteiger charge is -2.20. The van der Waals surface area contributed by atoms with Gasteiger partial charge in [0.2, 0.25) is 0 Å². The molecule has 5 nitrogen and oxygen atoms in total. The van der Waals surface area contributed by atoms with Gasteiger partial charge in [0.1, 0.15) is 11.3 Å². The molecule has 1 aromatic carbocycles. The predicted molar refractivity (Wildman–Crippen MR) is 78.3 cm³/mol. The molecule has 0 aliphatic carbocycles. The van der Waals surface area contributed by atoms with Crippen LogP contribution in [0.1, 0.15) is 36.0 Å². The summed E-state index contributed by atoms with van der Waals surface area (Å²) in [7, 11) is 1.49. The fraction of sp³-hybridized carbons (Fsp3) is 0.500. The summed E-state index contributed by atoms with van der Waals surface area (Å²) in [5.41, 5.74) is 0.337. The Labute approximate surface area is 124 Å². The van der Waals surface area contributed by atoms with Crippen molar-refractivity contribution in [2.24, 2.45) is 0 Å². The minimum Gasteiger partial charge on any atom is -0.496 e. The van der Waals surface area contributed by atoms with Crippen molar-refractivity contribution in [1.29, 1.82) is 0 Å². The predicted octanol–water partition coefficient (Wildman–Crippen LogP) is 2.25. The van der Waals surface area contributed by atoms with Crippen LogP contribution < -0.4 is 4.74 Å². The zero-order chi connectivity index (χ0) is 15.1. The van der Waals surface area contributed by atoms with E-state index in [2.05, 4.69) is 0 Å². The molecule has 1 aromatic rings. The fourth-order valence-electron chi connectivity index (χ4n) is 2.43. The average Bonchev–Trinajstić information content (AvgIpc) is 2.81. The summed E-state index contributed by atoms with van der Waals surface area (Å²) in [6.07, 6.45) is 4.36. The van der Waals surface area contributed by atoms with Gasteiger partial charge in [0.15, 0.2) is 6.61 Å². The quantitative estimate of drug-likeness (QED) is 0.798. The maximum Gasteiger partial charge on any atom is 0.342 e. The molecular weight excluding hydrogens is 270 g/mol. The van der Waals surface area contributed by atoms with Gasteiger partial charge >= 0.3 is 5.97 Å². The number of carbonyl (C=O) groups excluding carboxylic acids is 2. The van der Waals surface area contributed by atoms with E-state index in [4.69, 9.17) is 9.47 Å². The van der Waals surface area contributed by atoms with Gasteiger partial charge in [-0.25, -0.2) is 4.79 Å². The Morgan fingerprint density at radius 2 is 1.76 bits per heavy atom. The average molecular weight is 291 g/mol. The van der Waals surface area contributed by atoms with E-state index in [9.17, 15) is 9.59 Å². The van der Waals surface area contributed by atoms with Gasteiger partial charge in [-0.2, -0.15) is 0 Å². The third-order valence-corrected chi connectivity index (χ3v) is 3.61. The number of esters is 1. The molecule has 1 saturated heterocycles. The van der Waals surface area contributed by atoms with Gasteiger partial charge in [0.25, 0.3) is 5.91 Å². The number of methoxy groups -OCH3 is 1. The Morgan fingerprint density at radius 3 is 2.43 bits per heavy atom. The standard InChI is InChI=1S/C16H21NO4/c1-20-14-9-5-4-8-13(14)16(19)21-12-15(18)17-10-6-2-3-7-11-17/h4-5,8-9H,2-3,6-7,10-12H2,1H3. The highest BCUT2D eigenvalue weighted by atomic mass is 16.5. The van der Waals surface area contributed by atoms with Crippen LogP contribution >= 0.6 is 0 Å². The van der Waals surface area contributed by atoms with Crippen LogP contribution in [-0.4, -0.2) is 43.6 Å². The van der Waals surface area contributed by atoms with E-state index in [-0.39, 0.29) is 12.5 Å². The highest BCUT2D eigenvalue weighted by Crippen LogP contribution is 2.18. The number of carbonyl (C=O) groups is 2. The summed E-state index contributed by atoms with van der Waals surface area (Å²) in [5, 5.41) is 0. The number of rotatable bonds is 4. The van der Waals surface area contributed by atoms with Crippen LogP contribution in [0.25, 0.3) is 0 Å². The maximum absolute atomic E-state index is 12.1. The third kappa shape index (κ3) is 4.21. The van der Waals surface area contributed by atoms with Gasteiger partial charge in [-0.1, -0.05) is 25.0 Å². The summed E-state index contributed by atoms with van der Waals surface area (Å²) in [5.74, 6) is -0.208. The Kier molecular flexibility index (Phi) is 5.60. The molecule has 0 atom stereocenters. The molecule has 0 N–H and O–H groups in total. The minimum atomic E-state index is -0.532. The van der Waals surface area contributed by atoms with Crippen LogP contribution in [-0.2, 0) is 9.53 Å². The molecule has 114 valence electrons. The normalized spacial score (nSPS) is 15.2. The molecule has 0 radical (unpaired) electrons. The van der Waals surface area contributed by atoms with E-state index in [1.54, 1.807) is 29.2 Å². The molecule has 1 amide bonds. The van der Waals surface area contributed by atoms with Crippen molar-refractivity contribution in [2.45, 2.75) is 25.7 Å².